The highest BCUT2D eigenvalue weighted by Crippen LogP contribution is 2.39. The summed E-state index contributed by atoms with van der Waals surface area (Å²) in [6.07, 6.45) is 13.1. The summed E-state index contributed by atoms with van der Waals surface area (Å²) in [6.45, 7) is 2.31. The zero-order valence-electron chi connectivity index (χ0n) is 22.1. The summed E-state index contributed by atoms with van der Waals surface area (Å²) in [6, 6.07) is 17.2. The van der Waals surface area contributed by atoms with Crippen LogP contribution in [-0.2, 0) is 6.61 Å². The number of rotatable bonds is 7. The molecule has 5 aromatic rings. The summed E-state index contributed by atoms with van der Waals surface area (Å²) in [4.78, 5) is 16.4. The van der Waals surface area contributed by atoms with E-state index in [1.807, 2.05) is 24.5 Å². The molecule has 0 unspecified atom stereocenters. The quantitative estimate of drug-likeness (QED) is 0.297. The Morgan fingerprint density at radius 3 is 2.64 bits per heavy atom. The largest absolute Gasteiger partial charge is 0.472 e. The molecule has 1 aliphatic carbocycles. The van der Waals surface area contributed by atoms with Crippen LogP contribution in [0.5, 0.6) is 5.88 Å². The Kier molecular flexibility index (Phi) is 6.40. The lowest BCUT2D eigenvalue weighted by Gasteiger charge is -2.23. The first-order valence-corrected chi connectivity index (χ1v) is 14.1. The first kappa shape index (κ1) is 24.2. The second kappa shape index (κ2) is 10.3. The maximum Gasteiger partial charge on any atom is 0.228 e. The van der Waals surface area contributed by atoms with E-state index in [1.165, 1.54) is 37.6 Å². The summed E-state index contributed by atoms with van der Waals surface area (Å²) < 4.78 is 10.8. The minimum absolute atomic E-state index is 0.198. The number of benzene rings is 2. The molecule has 4 heterocycles. The lowest BCUT2D eigenvalue weighted by Crippen LogP contribution is -2.20. The van der Waals surface area contributed by atoms with Crippen molar-refractivity contribution in [3.05, 3.63) is 72.9 Å². The van der Waals surface area contributed by atoms with Gasteiger partial charge in [-0.25, -0.2) is 15.0 Å². The molecule has 39 heavy (non-hydrogen) atoms. The van der Waals surface area contributed by atoms with Crippen molar-refractivity contribution in [2.24, 2.45) is 5.92 Å². The molecule has 8 heteroatoms. The molecular weight excluding hydrogens is 488 g/mol. The van der Waals surface area contributed by atoms with Crippen LogP contribution in [0.15, 0.2) is 67.4 Å². The summed E-state index contributed by atoms with van der Waals surface area (Å²) in [5.41, 5.74) is 6.13. The van der Waals surface area contributed by atoms with Gasteiger partial charge in [-0.05, 0) is 43.0 Å². The van der Waals surface area contributed by atoms with Gasteiger partial charge in [0.15, 0.2) is 5.65 Å². The van der Waals surface area contributed by atoms with Crippen LogP contribution in [0.4, 0.5) is 5.69 Å². The van der Waals surface area contributed by atoms with E-state index in [0.29, 0.717) is 18.5 Å². The number of nitrogens with zero attached hydrogens (tertiary/aromatic N) is 6. The van der Waals surface area contributed by atoms with E-state index in [9.17, 15) is 5.11 Å². The van der Waals surface area contributed by atoms with E-state index in [0.717, 1.165) is 53.0 Å². The standard InChI is InChI=1S/C31H34N6O2/c38-18-23-13-14-35(16-23)28-17-36(30-29(28)31(33-20-32-30)39-19-22-7-3-1-4-8-22)25-11-12-27-26(15-25)34-21-37(27)24-9-5-2-6-10-24/h1,3-4,7-8,11-12,15,17,20-21,23-24,38H,2,5-6,9-10,13-14,16,18-19H2/t23-/m0/s1. The predicted molar refractivity (Wildman–Crippen MR) is 152 cm³/mol. The molecule has 0 spiro atoms. The highest BCUT2D eigenvalue weighted by Gasteiger charge is 2.28. The van der Waals surface area contributed by atoms with Gasteiger partial charge in [0.25, 0.3) is 0 Å². The van der Waals surface area contributed by atoms with Gasteiger partial charge in [0.05, 0.1) is 23.0 Å². The molecule has 200 valence electrons. The second-order valence-electron chi connectivity index (χ2n) is 10.9. The number of imidazole rings is 1. The van der Waals surface area contributed by atoms with E-state index in [4.69, 9.17) is 14.7 Å². The molecule has 2 aromatic carbocycles. The summed E-state index contributed by atoms with van der Waals surface area (Å²) >= 11 is 0. The average Bonchev–Trinajstić information content (AvgIpc) is 3.74. The molecule has 1 atom stereocenters. The Morgan fingerprint density at radius 2 is 1.82 bits per heavy atom. The Bertz CT molecular complexity index is 1590. The number of anilines is 1. The van der Waals surface area contributed by atoms with Gasteiger partial charge >= 0.3 is 0 Å². The molecule has 1 aliphatic heterocycles. The van der Waals surface area contributed by atoms with Crippen LogP contribution < -0.4 is 9.64 Å². The summed E-state index contributed by atoms with van der Waals surface area (Å²) in [5, 5.41) is 10.7. The molecule has 0 bridgehead atoms. The highest BCUT2D eigenvalue weighted by molar-refractivity contribution is 5.96. The minimum Gasteiger partial charge on any atom is -0.472 e. The molecule has 3 aromatic heterocycles. The normalized spacial score (nSPS) is 18.4. The molecule has 8 nitrogen and oxygen atoms in total. The first-order valence-electron chi connectivity index (χ1n) is 14.1. The third kappa shape index (κ3) is 4.52. The van der Waals surface area contributed by atoms with E-state index in [2.05, 4.69) is 55.5 Å². The molecular formula is C31H34N6O2. The van der Waals surface area contributed by atoms with Gasteiger partial charge in [-0.1, -0.05) is 49.6 Å². The van der Waals surface area contributed by atoms with E-state index < -0.39 is 0 Å². The molecule has 0 amide bonds. The number of aliphatic hydroxyl groups excluding tert-OH is 1. The number of aliphatic hydroxyl groups is 1. The van der Waals surface area contributed by atoms with Crippen LogP contribution in [0, 0.1) is 5.92 Å². The highest BCUT2D eigenvalue weighted by atomic mass is 16.5. The van der Waals surface area contributed by atoms with Crippen molar-refractivity contribution in [2.45, 2.75) is 51.2 Å². The molecule has 0 radical (unpaired) electrons. The molecule has 7 rings (SSSR count). The Hall–Kier alpha value is -3.91. The third-order valence-corrected chi connectivity index (χ3v) is 8.44. The minimum atomic E-state index is 0.198. The second-order valence-corrected chi connectivity index (χ2v) is 10.9. The van der Waals surface area contributed by atoms with Crippen LogP contribution in [0.1, 0.15) is 50.1 Å². The van der Waals surface area contributed by atoms with Gasteiger partial charge in [-0.2, -0.15) is 0 Å². The number of ether oxygens (including phenoxy) is 1. The topological polar surface area (TPSA) is 81.2 Å². The molecule has 2 fully saturated rings. The van der Waals surface area contributed by atoms with Crippen molar-refractivity contribution in [3.8, 4) is 11.6 Å². The van der Waals surface area contributed by atoms with E-state index >= 15 is 0 Å². The Morgan fingerprint density at radius 1 is 0.949 bits per heavy atom. The lowest BCUT2D eigenvalue weighted by molar-refractivity contribution is 0.238. The SMILES string of the molecule is OC[C@H]1CCN(c2cn(-c3ccc4c(c3)ncn4C3CCCCC3)c3ncnc(OCc4ccccc4)c23)C1. The van der Waals surface area contributed by atoms with Gasteiger partial charge < -0.3 is 19.3 Å². The molecule has 1 saturated heterocycles. The number of fused-ring (bicyclic) bond motifs is 2. The van der Waals surface area contributed by atoms with Crippen molar-refractivity contribution in [3.63, 3.8) is 0 Å². The third-order valence-electron chi connectivity index (χ3n) is 8.44. The van der Waals surface area contributed by atoms with Gasteiger partial charge in [-0.3, -0.25) is 4.57 Å². The molecule has 1 saturated carbocycles. The van der Waals surface area contributed by atoms with Crippen molar-refractivity contribution in [1.82, 2.24) is 24.1 Å². The number of hydrogen-bond acceptors (Lipinski definition) is 6. The fourth-order valence-corrected chi connectivity index (χ4v) is 6.31. The number of aromatic nitrogens is 5. The van der Waals surface area contributed by atoms with E-state index in [-0.39, 0.29) is 12.5 Å². The van der Waals surface area contributed by atoms with Crippen LogP contribution >= 0.6 is 0 Å². The van der Waals surface area contributed by atoms with Gasteiger partial charge in [0.2, 0.25) is 5.88 Å². The van der Waals surface area contributed by atoms with Crippen LogP contribution in [0.3, 0.4) is 0 Å². The van der Waals surface area contributed by atoms with Gasteiger partial charge in [0.1, 0.15) is 18.3 Å². The average molecular weight is 523 g/mol. The number of hydrogen-bond donors (Lipinski definition) is 1. The van der Waals surface area contributed by atoms with Crippen molar-refractivity contribution < 1.29 is 9.84 Å². The monoisotopic (exact) mass is 522 g/mol. The van der Waals surface area contributed by atoms with Crippen molar-refractivity contribution >= 4 is 27.8 Å². The maximum atomic E-state index is 9.80. The summed E-state index contributed by atoms with van der Waals surface area (Å²) in [5.74, 6) is 0.842. The van der Waals surface area contributed by atoms with Crippen molar-refractivity contribution in [1.29, 1.82) is 0 Å². The zero-order chi connectivity index (χ0) is 26.2. The smallest absolute Gasteiger partial charge is 0.228 e. The Labute approximate surface area is 227 Å². The van der Waals surface area contributed by atoms with Crippen molar-refractivity contribution in [2.75, 3.05) is 24.6 Å². The maximum absolute atomic E-state index is 9.80. The van der Waals surface area contributed by atoms with Crippen LogP contribution in [0.2, 0.25) is 0 Å². The fraction of sp³-hybridized carbons (Fsp3) is 0.387. The predicted octanol–water partition coefficient (Wildman–Crippen LogP) is 5.67. The van der Waals surface area contributed by atoms with Crippen LogP contribution in [0.25, 0.3) is 27.8 Å². The molecule has 2 aliphatic rings. The van der Waals surface area contributed by atoms with Gasteiger partial charge in [0, 0.05) is 43.5 Å². The zero-order valence-corrected chi connectivity index (χ0v) is 22.1. The molecule has 1 N–H and O–H groups in total. The first-order chi connectivity index (χ1) is 19.3. The van der Waals surface area contributed by atoms with Crippen LogP contribution in [-0.4, -0.2) is 48.9 Å². The fourth-order valence-electron chi connectivity index (χ4n) is 6.31. The lowest BCUT2D eigenvalue weighted by atomic mass is 9.95. The Balaban J connectivity index is 1.30. The van der Waals surface area contributed by atoms with E-state index in [1.54, 1.807) is 6.33 Å². The van der Waals surface area contributed by atoms with Gasteiger partial charge in [-0.15, -0.1) is 0 Å². The summed E-state index contributed by atoms with van der Waals surface area (Å²) in [7, 11) is 0.